The number of ether oxygens (including phenoxy) is 1. The van der Waals surface area contributed by atoms with E-state index in [4.69, 9.17) is 4.74 Å². The first-order chi connectivity index (χ1) is 6.60. The van der Waals surface area contributed by atoms with Crippen molar-refractivity contribution in [1.82, 2.24) is 10.3 Å². The molecule has 0 fully saturated rings. The van der Waals surface area contributed by atoms with Crippen molar-refractivity contribution in [3.63, 3.8) is 0 Å². The Morgan fingerprint density at radius 1 is 1.57 bits per heavy atom. The van der Waals surface area contributed by atoms with Crippen molar-refractivity contribution in [3.05, 3.63) is 16.1 Å². The normalized spacial score (nSPS) is 12.0. The van der Waals surface area contributed by atoms with Crippen LogP contribution >= 0.6 is 11.3 Å². The van der Waals surface area contributed by atoms with Crippen LogP contribution in [0.5, 0.6) is 0 Å². The maximum atomic E-state index is 5.37. The van der Waals surface area contributed by atoms with E-state index in [1.54, 1.807) is 18.4 Å². The number of rotatable bonds is 5. The van der Waals surface area contributed by atoms with Crippen LogP contribution in [0.3, 0.4) is 0 Å². The molecule has 0 unspecified atom stereocenters. The van der Waals surface area contributed by atoms with E-state index in [-0.39, 0.29) is 5.60 Å². The van der Waals surface area contributed by atoms with Gasteiger partial charge >= 0.3 is 0 Å². The summed E-state index contributed by atoms with van der Waals surface area (Å²) in [4.78, 5) is 4.52. The average Bonchev–Trinajstić information content (AvgIpc) is 2.63. The lowest BCUT2D eigenvalue weighted by molar-refractivity contribution is 0.0189. The quantitative estimate of drug-likeness (QED) is 0.815. The summed E-state index contributed by atoms with van der Waals surface area (Å²) in [6.07, 6.45) is 0. The molecular weight excluding hydrogens is 196 g/mol. The van der Waals surface area contributed by atoms with Crippen molar-refractivity contribution in [2.75, 3.05) is 13.7 Å². The van der Waals surface area contributed by atoms with Gasteiger partial charge in [-0.05, 0) is 20.4 Å². The van der Waals surface area contributed by atoms with Gasteiger partial charge in [-0.15, -0.1) is 11.3 Å². The van der Waals surface area contributed by atoms with Gasteiger partial charge < -0.3 is 10.1 Å². The van der Waals surface area contributed by atoms with Crippen LogP contribution in [0.2, 0.25) is 0 Å². The lowest BCUT2D eigenvalue weighted by Crippen LogP contribution is -2.19. The molecular formula is C10H18N2OS. The smallest absolute Gasteiger partial charge is 0.124 e. The fraction of sp³-hybridized carbons (Fsp3) is 0.700. The van der Waals surface area contributed by atoms with Crippen LogP contribution < -0.4 is 5.32 Å². The van der Waals surface area contributed by atoms with Crippen LogP contribution in [0.15, 0.2) is 5.38 Å². The number of nitrogens with one attached hydrogen (secondary N) is 1. The first kappa shape index (κ1) is 11.6. The molecule has 1 N–H and O–H groups in total. The zero-order valence-electron chi connectivity index (χ0n) is 9.26. The molecule has 0 bridgehead atoms. The van der Waals surface area contributed by atoms with Gasteiger partial charge in [-0.2, -0.15) is 0 Å². The number of aromatic nitrogens is 1. The van der Waals surface area contributed by atoms with Crippen molar-refractivity contribution in [3.8, 4) is 0 Å². The molecule has 1 heterocycles. The lowest BCUT2D eigenvalue weighted by atomic mass is 10.1. The van der Waals surface area contributed by atoms with E-state index >= 15 is 0 Å². The van der Waals surface area contributed by atoms with Gasteiger partial charge in [-0.25, -0.2) is 4.98 Å². The number of nitrogens with zero attached hydrogens (tertiary/aromatic N) is 1. The van der Waals surface area contributed by atoms with Crippen LogP contribution in [-0.2, 0) is 16.9 Å². The molecule has 1 aromatic rings. The minimum absolute atomic E-state index is 0.269. The summed E-state index contributed by atoms with van der Waals surface area (Å²) >= 11 is 1.66. The van der Waals surface area contributed by atoms with Gasteiger partial charge in [0.15, 0.2) is 0 Å². The molecule has 0 spiro atoms. The number of hydrogen-bond donors (Lipinski definition) is 1. The Kier molecular flexibility index (Phi) is 4.04. The lowest BCUT2D eigenvalue weighted by Gasteiger charge is -2.19. The molecule has 0 radical (unpaired) electrons. The van der Waals surface area contributed by atoms with Crippen LogP contribution in [0, 0.1) is 0 Å². The highest BCUT2D eigenvalue weighted by atomic mass is 32.1. The first-order valence-corrected chi connectivity index (χ1v) is 5.69. The van der Waals surface area contributed by atoms with E-state index in [0.717, 1.165) is 23.8 Å². The second-order valence-corrected chi connectivity index (χ2v) is 4.50. The molecule has 0 atom stereocenters. The summed E-state index contributed by atoms with van der Waals surface area (Å²) in [5.74, 6) is 0. The molecule has 0 aliphatic heterocycles. The zero-order chi connectivity index (χ0) is 10.6. The summed E-state index contributed by atoms with van der Waals surface area (Å²) in [5.41, 5.74) is 0.826. The van der Waals surface area contributed by atoms with E-state index in [2.05, 4.69) is 22.6 Å². The summed E-state index contributed by atoms with van der Waals surface area (Å²) in [7, 11) is 1.71. The number of thiazole rings is 1. The Bertz CT molecular complexity index is 283. The molecule has 0 aliphatic rings. The maximum Gasteiger partial charge on any atom is 0.124 e. The summed E-state index contributed by atoms with van der Waals surface area (Å²) in [6.45, 7) is 7.96. The summed E-state index contributed by atoms with van der Waals surface area (Å²) in [5, 5.41) is 6.37. The average molecular weight is 214 g/mol. The third kappa shape index (κ3) is 2.77. The van der Waals surface area contributed by atoms with Gasteiger partial charge in [0.25, 0.3) is 0 Å². The predicted octanol–water partition coefficient (Wildman–Crippen LogP) is 2.13. The van der Waals surface area contributed by atoms with Crippen molar-refractivity contribution >= 4 is 11.3 Å². The molecule has 14 heavy (non-hydrogen) atoms. The van der Waals surface area contributed by atoms with Gasteiger partial charge in [-0.3, -0.25) is 0 Å². The monoisotopic (exact) mass is 214 g/mol. The van der Waals surface area contributed by atoms with Crippen molar-refractivity contribution < 1.29 is 4.74 Å². The van der Waals surface area contributed by atoms with E-state index < -0.39 is 0 Å². The maximum absolute atomic E-state index is 5.37. The Hall–Kier alpha value is -0.450. The molecule has 80 valence electrons. The Morgan fingerprint density at radius 3 is 2.86 bits per heavy atom. The minimum atomic E-state index is -0.269. The fourth-order valence-corrected chi connectivity index (χ4v) is 1.93. The van der Waals surface area contributed by atoms with Crippen molar-refractivity contribution in [2.24, 2.45) is 0 Å². The summed E-state index contributed by atoms with van der Waals surface area (Å²) < 4.78 is 5.37. The second kappa shape index (κ2) is 4.87. The Morgan fingerprint density at radius 2 is 2.29 bits per heavy atom. The molecule has 1 rings (SSSR count). The number of methoxy groups -OCH3 is 1. The van der Waals surface area contributed by atoms with E-state index in [9.17, 15) is 0 Å². The molecule has 1 aromatic heterocycles. The number of hydrogen-bond acceptors (Lipinski definition) is 4. The third-order valence-electron chi connectivity index (χ3n) is 2.13. The molecule has 0 aromatic carbocycles. The molecule has 0 aliphatic carbocycles. The highest BCUT2D eigenvalue weighted by Gasteiger charge is 2.23. The SMILES string of the molecule is CCNCc1csc(C(C)(C)OC)n1. The highest BCUT2D eigenvalue weighted by molar-refractivity contribution is 7.09. The molecule has 0 amide bonds. The standard InChI is InChI=1S/C10H18N2OS/c1-5-11-6-8-7-14-9(12-8)10(2,3)13-4/h7,11H,5-6H2,1-4H3. The molecule has 3 nitrogen and oxygen atoms in total. The fourth-order valence-electron chi connectivity index (χ4n) is 1.01. The van der Waals surface area contributed by atoms with Crippen LogP contribution in [0.1, 0.15) is 31.5 Å². The summed E-state index contributed by atoms with van der Waals surface area (Å²) in [6, 6.07) is 0. The van der Waals surface area contributed by atoms with E-state index in [1.165, 1.54) is 0 Å². The topological polar surface area (TPSA) is 34.1 Å². The van der Waals surface area contributed by atoms with Gasteiger partial charge in [0.1, 0.15) is 10.6 Å². The van der Waals surface area contributed by atoms with Gasteiger partial charge in [0, 0.05) is 19.0 Å². The van der Waals surface area contributed by atoms with Crippen LogP contribution in [0.4, 0.5) is 0 Å². The minimum Gasteiger partial charge on any atom is -0.372 e. The van der Waals surface area contributed by atoms with E-state index in [1.807, 2.05) is 13.8 Å². The van der Waals surface area contributed by atoms with Crippen molar-refractivity contribution in [2.45, 2.75) is 32.9 Å². The Balaban J connectivity index is 2.67. The van der Waals surface area contributed by atoms with Crippen LogP contribution in [0.25, 0.3) is 0 Å². The van der Waals surface area contributed by atoms with Gasteiger partial charge in [0.05, 0.1) is 5.69 Å². The predicted molar refractivity (Wildman–Crippen MR) is 59.5 cm³/mol. The Labute approximate surface area is 89.5 Å². The molecule has 4 heteroatoms. The van der Waals surface area contributed by atoms with Gasteiger partial charge in [-0.1, -0.05) is 6.92 Å². The molecule has 0 saturated heterocycles. The second-order valence-electron chi connectivity index (χ2n) is 3.64. The largest absolute Gasteiger partial charge is 0.372 e. The molecule has 0 saturated carbocycles. The van der Waals surface area contributed by atoms with E-state index in [0.29, 0.717) is 0 Å². The zero-order valence-corrected chi connectivity index (χ0v) is 10.1. The van der Waals surface area contributed by atoms with Gasteiger partial charge in [0.2, 0.25) is 0 Å². The highest BCUT2D eigenvalue weighted by Crippen LogP contribution is 2.26. The van der Waals surface area contributed by atoms with Crippen molar-refractivity contribution in [1.29, 1.82) is 0 Å². The third-order valence-corrected chi connectivity index (χ3v) is 3.33. The van der Waals surface area contributed by atoms with Crippen LogP contribution in [-0.4, -0.2) is 18.6 Å². The first-order valence-electron chi connectivity index (χ1n) is 4.81.